The fourth-order valence-corrected chi connectivity index (χ4v) is 4.37. The summed E-state index contributed by atoms with van der Waals surface area (Å²) in [6.45, 7) is 7.74. The molecule has 1 atom stereocenters. The Hall–Kier alpha value is -3.20. The number of nitro benzene ring substituents is 1. The largest absolute Gasteiger partial charge is 0.455 e. The summed E-state index contributed by atoms with van der Waals surface area (Å²) < 4.78 is 7.45. The van der Waals surface area contributed by atoms with Crippen molar-refractivity contribution >= 4 is 23.4 Å². The van der Waals surface area contributed by atoms with E-state index in [2.05, 4.69) is 4.98 Å². The van der Waals surface area contributed by atoms with Gasteiger partial charge in [-0.1, -0.05) is 31.7 Å². The first-order valence-electron chi connectivity index (χ1n) is 9.85. The monoisotopic (exact) mass is 440 g/mol. The number of nitrogens with zero attached hydrogens (tertiary/aromatic N) is 4. The Balaban J connectivity index is 2.12. The molecule has 0 spiro atoms. The van der Waals surface area contributed by atoms with Crippen molar-refractivity contribution in [2.75, 3.05) is 0 Å². The molecule has 0 aliphatic rings. The first-order valence-corrected chi connectivity index (χ1v) is 10.7. The predicted octanol–water partition coefficient (Wildman–Crippen LogP) is 5.13. The lowest BCUT2D eigenvalue weighted by molar-refractivity contribution is -0.385. The van der Waals surface area contributed by atoms with Crippen molar-refractivity contribution in [3.05, 3.63) is 76.0 Å². The zero-order valence-electron chi connectivity index (χ0n) is 17.8. The number of esters is 1. The normalized spacial score (nSPS) is 12.0. The smallest absolute Gasteiger partial charge is 0.303 e. The highest BCUT2D eigenvalue weighted by molar-refractivity contribution is 7.99. The molecule has 31 heavy (non-hydrogen) atoms. The van der Waals surface area contributed by atoms with Crippen molar-refractivity contribution in [2.45, 2.75) is 56.2 Å². The van der Waals surface area contributed by atoms with Crippen molar-refractivity contribution in [3.63, 3.8) is 0 Å². The molecule has 0 radical (unpaired) electrons. The maximum Gasteiger partial charge on any atom is 0.303 e. The van der Waals surface area contributed by atoms with Gasteiger partial charge in [0.1, 0.15) is 5.03 Å². The number of pyridine rings is 1. The molecule has 8 nitrogen and oxygen atoms in total. The molecule has 0 aliphatic carbocycles. The van der Waals surface area contributed by atoms with Crippen LogP contribution in [-0.2, 0) is 16.1 Å². The van der Waals surface area contributed by atoms with Crippen LogP contribution in [0.4, 0.5) is 5.69 Å². The van der Waals surface area contributed by atoms with Gasteiger partial charge in [0.2, 0.25) is 0 Å². The summed E-state index contributed by atoms with van der Waals surface area (Å²) in [6, 6.07) is 10.3. The van der Waals surface area contributed by atoms with Crippen LogP contribution >= 0.6 is 11.8 Å². The molecular weight excluding hydrogens is 416 g/mol. The summed E-state index contributed by atoms with van der Waals surface area (Å²) in [5.41, 5.74) is 1.89. The average molecular weight is 441 g/mol. The van der Waals surface area contributed by atoms with Crippen molar-refractivity contribution in [1.82, 2.24) is 14.5 Å². The van der Waals surface area contributed by atoms with Crippen LogP contribution in [0.25, 0.3) is 0 Å². The van der Waals surface area contributed by atoms with Gasteiger partial charge in [0.05, 0.1) is 17.2 Å². The van der Waals surface area contributed by atoms with Crippen LogP contribution in [0, 0.1) is 10.1 Å². The number of hydrogen-bond donors (Lipinski definition) is 0. The molecule has 0 amide bonds. The van der Waals surface area contributed by atoms with Crippen LogP contribution in [0.2, 0.25) is 0 Å². The number of ether oxygens (including phenoxy) is 1. The summed E-state index contributed by atoms with van der Waals surface area (Å²) in [5.74, 6) is 0.344. The van der Waals surface area contributed by atoms with Gasteiger partial charge in [0.25, 0.3) is 5.69 Å². The third kappa shape index (κ3) is 5.49. The number of non-ortho nitro benzene ring substituents is 1. The number of imidazole rings is 1. The zero-order valence-corrected chi connectivity index (χ0v) is 18.6. The molecule has 0 N–H and O–H groups in total. The van der Waals surface area contributed by atoms with Gasteiger partial charge in [-0.15, -0.1) is 0 Å². The minimum atomic E-state index is -0.545. The van der Waals surface area contributed by atoms with E-state index >= 15 is 0 Å². The number of rotatable bonds is 8. The number of carbonyl (C=O) groups excluding carboxylic acids is 1. The van der Waals surface area contributed by atoms with Gasteiger partial charge >= 0.3 is 5.97 Å². The number of hydrogen-bond acceptors (Lipinski definition) is 7. The molecule has 1 aromatic carbocycles. The van der Waals surface area contributed by atoms with Gasteiger partial charge in [-0.25, -0.2) is 4.98 Å². The van der Waals surface area contributed by atoms with E-state index in [1.807, 2.05) is 36.6 Å². The molecule has 0 saturated carbocycles. The van der Waals surface area contributed by atoms with Crippen LogP contribution in [0.1, 0.15) is 56.8 Å². The zero-order chi connectivity index (χ0) is 22.5. The number of benzene rings is 1. The molecule has 2 heterocycles. The standard InChI is InChI=1S/C22H24N4O4S/c1-14(2)20-22(31-19-7-5-6-18(12-19)26(28)29)25(13-17-8-10-23-11-9-17)21(24-20)15(3)30-16(4)27/h5-12,14-15H,13H2,1-4H3. The second kappa shape index (κ2) is 9.74. The molecule has 2 aromatic heterocycles. The van der Waals surface area contributed by atoms with Gasteiger partial charge in [0.15, 0.2) is 11.9 Å². The van der Waals surface area contributed by atoms with Gasteiger partial charge < -0.3 is 9.30 Å². The van der Waals surface area contributed by atoms with Crippen molar-refractivity contribution in [1.29, 1.82) is 0 Å². The quantitative estimate of drug-likeness (QED) is 0.272. The van der Waals surface area contributed by atoms with E-state index < -0.39 is 11.0 Å². The van der Waals surface area contributed by atoms with Gasteiger partial charge in [-0.05, 0) is 36.6 Å². The third-order valence-corrected chi connectivity index (χ3v) is 5.67. The first kappa shape index (κ1) is 22.5. The Labute approximate surface area is 184 Å². The van der Waals surface area contributed by atoms with E-state index in [0.717, 1.165) is 21.2 Å². The molecular formula is C22H24N4O4S. The van der Waals surface area contributed by atoms with Gasteiger partial charge in [0, 0.05) is 36.3 Å². The molecule has 162 valence electrons. The number of nitro groups is 1. The van der Waals surface area contributed by atoms with Gasteiger partial charge in [-0.3, -0.25) is 19.9 Å². The van der Waals surface area contributed by atoms with E-state index in [0.29, 0.717) is 12.4 Å². The minimum Gasteiger partial charge on any atom is -0.455 e. The SMILES string of the molecule is CC(=O)OC(C)c1nc(C(C)C)c(Sc2cccc([N+](=O)[O-])c2)n1Cc1ccncc1. The summed E-state index contributed by atoms with van der Waals surface area (Å²) in [6.07, 6.45) is 2.90. The highest BCUT2D eigenvalue weighted by atomic mass is 32.2. The Morgan fingerprint density at radius 3 is 2.55 bits per heavy atom. The topological polar surface area (TPSA) is 100 Å². The Morgan fingerprint density at radius 2 is 1.94 bits per heavy atom. The second-order valence-corrected chi connectivity index (χ2v) is 8.43. The van der Waals surface area contributed by atoms with Crippen molar-refractivity contribution < 1.29 is 14.5 Å². The molecule has 9 heteroatoms. The Morgan fingerprint density at radius 1 is 1.23 bits per heavy atom. The first-order chi connectivity index (χ1) is 14.8. The van der Waals surface area contributed by atoms with E-state index in [1.54, 1.807) is 31.5 Å². The molecule has 3 rings (SSSR count). The lowest BCUT2D eigenvalue weighted by Crippen LogP contribution is -2.13. The molecule has 0 saturated heterocycles. The summed E-state index contributed by atoms with van der Waals surface area (Å²) in [5, 5.41) is 12.1. The van der Waals surface area contributed by atoms with Crippen molar-refractivity contribution in [2.24, 2.45) is 0 Å². The molecule has 0 bridgehead atoms. The van der Waals surface area contributed by atoms with Gasteiger partial charge in [-0.2, -0.15) is 0 Å². The highest BCUT2D eigenvalue weighted by Gasteiger charge is 2.25. The fourth-order valence-electron chi connectivity index (χ4n) is 3.17. The van der Waals surface area contributed by atoms with Crippen LogP contribution in [-0.4, -0.2) is 25.4 Å². The summed E-state index contributed by atoms with van der Waals surface area (Å²) in [7, 11) is 0. The second-order valence-electron chi connectivity index (χ2n) is 7.36. The van der Waals surface area contributed by atoms with Crippen LogP contribution in [0.3, 0.4) is 0 Å². The highest BCUT2D eigenvalue weighted by Crippen LogP contribution is 2.38. The Kier molecular flexibility index (Phi) is 7.06. The number of aromatic nitrogens is 3. The van der Waals surface area contributed by atoms with E-state index in [9.17, 15) is 14.9 Å². The summed E-state index contributed by atoms with van der Waals surface area (Å²) >= 11 is 1.42. The van der Waals surface area contributed by atoms with Crippen LogP contribution in [0.15, 0.2) is 58.7 Å². The summed E-state index contributed by atoms with van der Waals surface area (Å²) in [4.78, 5) is 32.0. The van der Waals surface area contributed by atoms with E-state index in [1.165, 1.54) is 24.8 Å². The van der Waals surface area contributed by atoms with Crippen LogP contribution in [0.5, 0.6) is 0 Å². The minimum absolute atomic E-state index is 0.0322. The van der Waals surface area contributed by atoms with Crippen LogP contribution < -0.4 is 0 Å². The maximum absolute atomic E-state index is 11.6. The lowest BCUT2D eigenvalue weighted by Gasteiger charge is -2.16. The maximum atomic E-state index is 11.6. The Bertz CT molecular complexity index is 1080. The third-order valence-electron chi connectivity index (χ3n) is 4.56. The fraction of sp³-hybridized carbons (Fsp3) is 0.318. The molecule has 3 aromatic rings. The van der Waals surface area contributed by atoms with Crippen molar-refractivity contribution in [3.8, 4) is 0 Å². The average Bonchev–Trinajstić information content (AvgIpc) is 3.07. The molecule has 1 unspecified atom stereocenters. The molecule has 0 fully saturated rings. The molecule has 0 aliphatic heterocycles. The van der Waals surface area contributed by atoms with E-state index in [-0.39, 0.29) is 17.6 Å². The lowest BCUT2D eigenvalue weighted by atomic mass is 10.1. The predicted molar refractivity (Wildman–Crippen MR) is 117 cm³/mol. The van der Waals surface area contributed by atoms with E-state index in [4.69, 9.17) is 9.72 Å². The number of carbonyl (C=O) groups is 1.